The van der Waals surface area contributed by atoms with Crippen LogP contribution in [0.15, 0.2) is 23.3 Å². The molecule has 0 bridgehead atoms. The number of nitrogens with zero attached hydrogens (tertiary/aromatic N) is 3. The van der Waals surface area contributed by atoms with Crippen LogP contribution in [0.5, 0.6) is 0 Å². The van der Waals surface area contributed by atoms with E-state index in [0.29, 0.717) is 16.0 Å². The summed E-state index contributed by atoms with van der Waals surface area (Å²) in [5, 5.41) is 5.26. The predicted molar refractivity (Wildman–Crippen MR) is 73.0 cm³/mol. The monoisotopic (exact) mass is 281 g/mol. The normalized spacial score (nSPS) is 33.4. The molecule has 1 aromatic rings. The second-order valence-corrected chi connectivity index (χ2v) is 6.22. The summed E-state index contributed by atoms with van der Waals surface area (Å²) in [6.45, 7) is 0. The Hall–Kier alpha value is -0.890. The Morgan fingerprint density at radius 3 is 2.61 bits per heavy atom. The fourth-order valence-electron chi connectivity index (χ4n) is 3.38. The number of hydrogen-bond donors (Lipinski definition) is 0. The SMILES string of the molecule is [N-]=[N+]=NC1CC[C@@]2(c3cc(Cl)cc(Cl)c3)CC2C1. The van der Waals surface area contributed by atoms with Crippen LogP contribution < -0.4 is 0 Å². The van der Waals surface area contributed by atoms with E-state index >= 15 is 0 Å². The highest BCUT2D eigenvalue weighted by atomic mass is 35.5. The Bertz CT molecular complexity index is 519. The summed E-state index contributed by atoms with van der Waals surface area (Å²) >= 11 is 12.2. The lowest BCUT2D eigenvalue weighted by Gasteiger charge is -2.26. The maximum atomic E-state index is 8.50. The second-order valence-electron chi connectivity index (χ2n) is 5.35. The van der Waals surface area contributed by atoms with Gasteiger partial charge in [0.25, 0.3) is 0 Å². The molecule has 0 aliphatic heterocycles. The first-order chi connectivity index (χ1) is 8.64. The van der Waals surface area contributed by atoms with E-state index in [4.69, 9.17) is 28.7 Å². The highest BCUT2D eigenvalue weighted by Crippen LogP contribution is 2.63. The zero-order valence-corrected chi connectivity index (χ0v) is 11.3. The molecule has 0 N–H and O–H groups in total. The second kappa shape index (κ2) is 4.34. The van der Waals surface area contributed by atoms with Crippen molar-refractivity contribution < 1.29 is 0 Å². The van der Waals surface area contributed by atoms with Crippen molar-refractivity contribution in [2.24, 2.45) is 11.0 Å². The summed E-state index contributed by atoms with van der Waals surface area (Å²) in [6.07, 6.45) is 4.19. The van der Waals surface area contributed by atoms with E-state index in [9.17, 15) is 0 Å². The van der Waals surface area contributed by atoms with Crippen molar-refractivity contribution in [2.45, 2.75) is 37.1 Å². The van der Waals surface area contributed by atoms with Gasteiger partial charge in [-0.25, -0.2) is 0 Å². The van der Waals surface area contributed by atoms with Gasteiger partial charge in [0.05, 0.1) is 0 Å². The molecule has 0 heterocycles. The Labute approximate surface area is 116 Å². The van der Waals surface area contributed by atoms with Gasteiger partial charge >= 0.3 is 0 Å². The van der Waals surface area contributed by atoms with Crippen molar-refractivity contribution >= 4 is 23.2 Å². The van der Waals surface area contributed by atoms with E-state index in [1.54, 1.807) is 6.07 Å². The van der Waals surface area contributed by atoms with Gasteiger partial charge in [-0.2, -0.15) is 0 Å². The summed E-state index contributed by atoms with van der Waals surface area (Å²) in [5.74, 6) is 0.622. The Morgan fingerprint density at radius 1 is 1.28 bits per heavy atom. The molecular weight excluding hydrogens is 269 g/mol. The van der Waals surface area contributed by atoms with E-state index in [1.807, 2.05) is 12.1 Å². The number of benzene rings is 1. The molecule has 0 amide bonds. The van der Waals surface area contributed by atoms with Gasteiger partial charge in [0.15, 0.2) is 0 Å². The summed E-state index contributed by atoms with van der Waals surface area (Å²) in [4.78, 5) is 2.92. The molecule has 1 aromatic carbocycles. The lowest BCUT2D eigenvalue weighted by molar-refractivity contribution is 0.383. The van der Waals surface area contributed by atoms with Crippen LogP contribution in [0.3, 0.4) is 0 Å². The minimum atomic E-state index is 0.172. The number of azide groups is 1. The molecule has 3 nitrogen and oxygen atoms in total. The molecule has 2 aliphatic rings. The van der Waals surface area contributed by atoms with Gasteiger partial charge in [0.1, 0.15) is 0 Å². The molecular formula is C13H13Cl2N3. The van der Waals surface area contributed by atoms with E-state index in [0.717, 1.165) is 19.3 Å². The van der Waals surface area contributed by atoms with Gasteiger partial charge in [-0.15, -0.1) is 0 Å². The summed E-state index contributed by atoms with van der Waals surface area (Å²) < 4.78 is 0. The van der Waals surface area contributed by atoms with Crippen LogP contribution in [0.1, 0.15) is 31.2 Å². The van der Waals surface area contributed by atoms with Crippen molar-refractivity contribution in [3.63, 3.8) is 0 Å². The Kier molecular flexibility index (Phi) is 2.93. The van der Waals surface area contributed by atoms with Crippen molar-refractivity contribution in [2.75, 3.05) is 0 Å². The predicted octanol–water partition coefficient (Wildman–Crippen LogP) is 5.11. The molecule has 3 rings (SSSR count). The highest BCUT2D eigenvalue weighted by molar-refractivity contribution is 6.34. The van der Waals surface area contributed by atoms with E-state index < -0.39 is 0 Å². The quantitative estimate of drug-likeness (QED) is 0.411. The first-order valence-electron chi connectivity index (χ1n) is 6.15. The summed E-state index contributed by atoms with van der Waals surface area (Å²) in [5.41, 5.74) is 10.00. The topological polar surface area (TPSA) is 48.8 Å². The number of halogens is 2. The fourth-order valence-corrected chi connectivity index (χ4v) is 3.91. The molecule has 0 radical (unpaired) electrons. The van der Waals surface area contributed by atoms with Crippen LogP contribution in [-0.4, -0.2) is 6.04 Å². The average Bonchev–Trinajstić information content (AvgIpc) is 3.03. The van der Waals surface area contributed by atoms with Gasteiger partial charge < -0.3 is 0 Å². The van der Waals surface area contributed by atoms with E-state index in [2.05, 4.69) is 10.0 Å². The highest BCUT2D eigenvalue weighted by Gasteiger charge is 2.57. The molecule has 0 saturated heterocycles. The van der Waals surface area contributed by atoms with E-state index in [1.165, 1.54) is 12.0 Å². The lowest BCUT2D eigenvalue weighted by atomic mass is 9.81. The van der Waals surface area contributed by atoms with Crippen LogP contribution in [-0.2, 0) is 5.41 Å². The molecule has 18 heavy (non-hydrogen) atoms. The smallest absolute Gasteiger partial charge is 0.0423 e. The third kappa shape index (κ3) is 1.97. The van der Waals surface area contributed by atoms with Crippen LogP contribution in [0.25, 0.3) is 10.4 Å². The van der Waals surface area contributed by atoms with Gasteiger partial charge in [-0.05, 0) is 66.3 Å². The van der Waals surface area contributed by atoms with Gasteiger partial charge in [0, 0.05) is 21.0 Å². The van der Waals surface area contributed by atoms with Crippen molar-refractivity contribution in [3.8, 4) is 0 Å². The molecule has 2 fully saturated rings. The number of hydrogen-bond acceptors (Lipinski definition) is 1. The van der Waals surface area contributed by atoms with Gasteiger partial charge in [-0.3, -0.25) is 0 Å². The van der Waals surface area contributed by atoms with Crippen molar-refractivity contribution in [1.29, 1.82) is 0 Å². The summed E-state index contributed by atoms with van der Waals surface area (Å²) in [7, 11) is 0. The Balaban J connectivity index is 1.85. The standard InChI is InChI=1S/C13H13Cl2N3/c14-10-3-8(4-11(15)6-10)13-2-1-12(17-18-16)5-9(13)7-13/h3-4,6,9,12H,1-2,5,7H2/t9?,12?,13-/m0/s1. The zero-order valence-electron chi connectivity index (χ0n) is 9.81. The largest absolute Gasteiger partial charge is 0.0906 e. The zero-order chi connectivity index (χ0) is 12.8. The fraction of sp³-hybridized carbons (Fsp3) is 0.538. The first-order valence-corrected chi connectivity index (χ1v) is 6.90. The average molecular weight is 282 g/mol. The van der Waals surface area contributed by atoms with Crippen molar-refractivity contribution in [1.82, 2.24) is 0 Å². The van der Waals surface area contributed by atoms with Gasteiger partial charge in [0.2, 0.25) is 0 Å². The Morgan fingerprint density at radius 2 is 2.00 bits per heavy atom. The first kappa shape index (κ1) is 12.2. The van der Waals surface area contributed by atoms with Gasteiger partial charge in [-0.1, -0.05) is 28.3 Å². The number of fused-ring (bicyclic) bond motifs is 1. The molecule has 3 atom stereocenters. The molecule has 2 saturated carbocycles. The molecule has 5 heteroatoms. The molecule has 0 spiro atoms. The minimum Gasteiger partial charge on any atom is -0.0906 e. The van der Waals surface area contributed by atoms with Crippen molar-refractivity contribution in [3.05, 3.63) is 44.3 Å². The summed E-state index contributed by atoms with van der Waals surface area (Å²) in [6, 6.07) is 6.00. The third-order valence-electron chi connectivity index (χ3n) is 4.36. The minimum absolute atomic E-state index is 0.172. The van der Waals surface area contributed by atoms with Crippen LogP contribution >= 0.6 is 23.2 Å². The molecule has 2 unspecified atom stereocenters. The maximum absolute atomic E-state index is 8.50. The van der Waals surface area contributed by atoms with E-state index in [-0.39, 0.29) is 11.5 Å². The molecule has 2 aliphatic carbocycles. The van der Waals surface area contributed by atoms with Crippen LogP contribution in [0.4, 0.5) is 0 Å². The maximum Gasteiger partial charge on any atom is 0.0423 e. The third-order valence-corrected chi connectivity index (χ3v) is 4.80. The van der Waals surface area contributed by atoms with Crippen LogP contribution in [0.2, 0.25) is 10.0 Å². The van der Waals surface area contributed by atoms with Crippen LogP contribution in [0, 0.1) is 5.92 Å². The molecule has 94 valence electrons. The lowest BCUT2D eigenvalue weighted by Crippen LogP contribution is -2.21. The number of rotatable bonds is 2. The molecule has 0 aromatic heterocycles.